The first kappa shape index (κ1) is 14.4. The number of nitrogens with one attached hydrogen (secondary N) is 1. The summed E-state index contributed by atoms with van der Waals surface area (Å²) in [5, 5.41) is 3.20. The molecule has 0 spiro atoms. The first-order valence-electron chi connectivity index (χ1n) is 6.31. The molecule has 104 valence electrons. The van der Waals surface area contributed by atoms with Crippen LogP contribution in [0.1, 0.15) is 6.42 Å². The Morgan fingerprint density at radius 2 is 2.16 bits per heavy atom. The molecular weight excluding hydrogens is 357 g/mol. The number of hydrogen-bond acceptors (Lipinski definition) is 4. The van der Waals surface area contributed by atoms with Crippen LogP contribution in [0.3, 0.4) is 0 Å². The second-order valence-corrected chi connectivity index (χ2v) is 5.65. The molecule has 0 aromatic heterocycles. The van der Waals surface area contributed by atoms with Gasteiger partial charge in [0.1, 0.15) is 0 Å². The average Bonchev–Trinajstić information content (AvgIpc) is 2.42. The van der Waals surface area contributed by atoms with Gasteiger partial charge in [-0.2, -0.15) is 0 Å². The van der Waals surface area contributed by atoms with Crippen LogP contribution in [-0.2, 0) is 9.53 Å². The van der Waals surface area contributed by atoms with Crippen molar-refractivity contribution in [3.63, 3.8) is 0 Å². The molecule has 1 amide bonds. The summed E-state index contributed by atoms with van der Waals surface area (Å²) in [6.07, 6.45) is 0.478. The van der Waals surface area contributed by atoms with Crippen LogP contribution in [0.2, 0.25) is 0 Å². The summed E-state index contributed by atoms with van der Waals surface area (Å²) in [4.78, 5) is 13.8. The zero-order chi connectivity index (χ0) is 13.7. The van der Waals surface area contributed by atoms with Crippen LogP contribution in [-0.4, -0.2) is 43.7 Å². The van der Waals surface area contributed by atoms with Gasteiger partial charge in [-0.25, -0.2) is 0 Å². The highest BCUT2D eigenvalue weighted by Crippen LogP contribution is 2.20. The lowest BCUT2D eigenvalue weighted by Gasteiger charge is -2.27. The molecule has 0 unspecified atom stereocenters. The number of carbonyl (C=O) groups excluding carboxylic acids is 1. The Labute approximate surface area is 126 Å². The number of amides is 1. The molecule has 19 heavy (non-hydrogen) atoms. The van der Waals surface area contributed by atoms with Gasteiger partial charge in [-0.3, -0.25) is 4.79 Å². The number of carbonyl (C=O) groups is 1. The van der Waals surface area contributed by atoms with E-state index in [9.17, 15) is 4.79 Å². The summed E-state index contributed by atoms with van der Waals surface area (Å²) in [5.74, 6) is 0.167. The number of nitrogen functional groups attached to an aromatic ring is 1. The maximum atomic E-state index is 11.9. The number of halogens is 1. The van der Waals surface area contributed by atoms with Crippen LogP contribution in [0.15, 0.2) is 18.2 Å². The van der Waals surface area contributed by atoms with E-state index in [0.717, 1.165) is 9.26 Å². The van der Waals surface area contributed by atoms with E-state index in [1.54, 1.807) is 0 Å². The number of benzene rings is 1. The van der Waals surface area contributed by atoms with Gasteiger partial charge in [0, 0.05) is 29.6 Å². The Bertz CT molecular complexity index is 448. The number of nitrogens with two attached hydrogens (primary N) is 1. The van der Waals surface area contributed by atoms with Crippen molar-refractivity contribution in [2.24, 2.45) is 0 Å². The molecule has 0 aliphatic carbocycles. The van der Waals surface area contributed by atoms with E-state index in [0.29, 0.717) is 45.0 Å². The minimum atomic E-state index is 0.167. The Hall–Kier alpha value is -1.02. The van der Waals surface area contributed by atoms with E-state index >= 15 is 0 Å². The summed E-state index contributed by atoms with van der Waals surface area (Å²) in [6.45, 7) is 3.28. The number of hydrogen-bond donors (Lipinski definition) is 2. The molecule has 3 N–H and O–H groups in total. The van der Waals surface area contributed by atoms with Gasteiger partial charge in [-0.05, 0) is 40.8 Å². The Morgan fingerprint density at radius 1 is 1.42 bits per heavy atom. The van der Waals surface area contributed by atoms with E-state index in [1.807, 2.05) is 23.1 Å². The van der Waals surface area contributed by atoms with Crippen LogP contribution in [0.5, 0.6) is 0 Å². The second kappa shape index (κ2) is 6.95. The predicted octanol–water partition coefficient (Wildman–Crippen LogP) is 1.53. The van der Waals surface area contributed by atoms with Gasteiger partial charge >= 0.3 is 0 Å². The van der Waals surface area contributed by atoms with E-state index in [-0.39, 0.29) is 5.91 Å². The highest BCUT2D eigenvalue weighted by molar-refractivity contribution is 14.1. The molecule has 1 heterocycles. The molecule has 0 saturated carbocycles. The third kappa shape index (κ3) is 4.24. The van der Waals surface area contributed by atoms with E-state index < -0.39 is 0 Å². The molecule has 1 aliphatic rings. The van der Waals surface area contributed by atoms with Gasteiger partial charge in [0.25, 0.3) is 0 Å². The quantitative estimate of drug-likeness (QED) is 0.619. The summed E-state index contributed by atoms with van der Waals surface area (Å²) in [7, 11) is 0. The molecule has 2 rings (SSSR count). The molecule has 6 heteroatoms. The maximum absolute atomic E-state index is 11.9. The van der Waals surface area contributed by atoms with Crippen molar-refractivity contribution >= 4 is 39.9 Å². The lowest BCUT2D eigenvalue weighted by molar-refractivity contribution is -0.134. The minimum absolute atomic E-state index is 0.167. The third-order valence-electron chi connectivity index (χ3n) is 3.03. The maximum Gasteiger partial charge on any atom is 0.224 e. The van der Waals surface area contributed by atoms with Crippen molar-refractivity contribution in [1.29, 1.82) is 0 Å². The standard InChI is InChI=1S/C13H18IN3O2/c14-10-1-2-12(11(15)9-10)16-4-3-13(18)17-5-7-19-8-6-17/h1-2,9,16H,3-8,15H2. The SMILES string of the molecule is Nc1cc(I)ccc1NCCC(=O)N1CCOCC1. The Morgan fingerprint density at radius 3 is 2.84 bits per heavy atom. The number of ether oxygens (including phenoxy) is 1. The van der Waals surface area contributed by atoms with E-state index in [2.05, 4.69) is 27.9 Å². The van der Waals surface area contributed by atoms with Crippen molar-refractivity contribution in [3.8, 4) is 0 Å². The highest BCUT2D eigenvalue weighted by atomic mass is 127. The molecule has 0 radical (unpaired) electrons. The molecular formula is C13H18IN3O2. The van der Waals surface area contributed by atoms with Gasteiger partial charge in [-0.15, -0.1) is 0 Å². The fraction of sp³-hybridized carbons (Fsp3) is 0.462. The molecule has 0 atom stereocenters. The van der Waals surface area contributed by atoms with Gasteiger partial charge in [0.05, 0.1) is 24.6 Å². The van der Waals surface area contributed by atoms with E-state index in [4.69, 9.17) is 10.5 Å². The number of rotatable bonds is 4. The van der Waals surface area contributed by atoms with E-state index in [1.165, 1.54) is 0 Å². The zero-order valence-corrected chi connectivity index (χ0v) is 12.9. The van der Waals surface area contributed by atoms with Crippen LogP contribution >= 0.6 is 22.6 Å². The molecule has 1 aliphatic heterocycles. The topological polar surface area (TPSA) is 67.6 Å². The van der Waals surface area contributed by atoms with Crippen molar-refractivity contribution in [2.75, 3.05) is 43.9 Å². The van der Waals surface area contributed by atoms with Gasteiger partial charge in [0.2, 0.25) is 5.91 Å². The molecule has 5 nitrogen and oxygen atoms in total. The van der Waals surface area contributed by atoms with Crippen LogP contribution in [0.25, 0.3) is 0 Å². The lowest BCUT2D eigenvalue weighted by atomic mass is 10.2. The minimum Gasteiger partial charge on any atom is -0.397 e. The largest absolute Gasteiger partial charge is 0.397 e. The van der Waals surface area contributed by atoms with Crippen molar-refractivity contribution in [1.82, 2.24) is 4.90 Å². The fourth-order valence-corrected chi connectivity index (χ4v) is 2.48. The monoisotopic (exact) mass is 375 g/mol. The van der Waals surface area contributed by atoms with Crippen LogP contribution in [0.4, 0.5) is 11.4 Å². The first-order chi connectivity index (χ1) is 9.16. The second-order valence-electron chi connectivity index (χ2n) is 4.40. The van der Waals surface area contributed by atoms with Crippen molar-refractivity contribution in [2.45, 2.75) is 6.42 Å². The Kier molecular flexibility index (Phi) is 5.26. The van der Waals surface area contributed by atoms with Gasteiger partial charge < -0.3 is 20.7 Å². The van der Waals surface area contributed by atoms with Crippen LogP contribution in [0, 0.1) is 3.57 Å². The molecule has 1 aromatic rings. The van der Waals surface area contributed by atoms with Crippen molar-refractivity contribution in [3.05, 3.63) is 21.8 Å². The molecule has 1 saturated heterocycles. The molecule has 1 aromatic carbocycles. The fourth-order valence-electron chi connectivity index (χ4n) is 1.97. The Balaban J connectivity index is 1.78. The smallest absolute Gasteiger partial charge is 0.224 e. The lowest BCUT2D eigenvalue weighted by Crippen LogP contribution is -2.41. The third-order valence-corrected chi connectivity index (χ3v) is 3.70. The number of anilines is 2. The summed E-state index contributed by atoms with van der Waals surface area (Å²) < 4.78 is 6.33. The highest BCUT2D eigenvalue weighted by Gasteiger charge is 2.16. The first-order valence-corrected chi connectivity index (χ1v) is 7.39. The van der Waals surface area contributed by atoms with Crippen LogP contribution < -0.4 is 11.1 Å². The van der Waals surface area contributed by atoms with Gasteiger partial charge in [0.15, 0.2) is 0 Å². The molecule has 1 fully saturated rings. The predicted molar refractivity (Wildman–Crippen MR) is 84.1 cm³/mol. The van der Waals surface area contributed by atoms with Gasteiger partial charge in [-0.1, -0.05) is 0 Å². The molecule has 0 bridgehead atoms. The average molecular weight is 375 g/mol. The summed E-state index contributed by atoms with van der Waals surface area (Å²) in [6, 6.07) is 5.84. The summed E-state index contributed by atoms with van der Waals surface area (Å²) in [5.41, 5.74) is 7.50. The summed E-state index contributed by atoms with van der Waals surface area (Å²) >= 11 is 2.22. The zero-order valence-electron chi connectivity index (χ0n) is 10.7. The number of morpholine rings is 1. The number of nitrogens with zero attached hydrogens (tertiary/aromatic N) is 1. The van der Waals surface area contributed by atoms with Crippen molar-refractivity contribution < 1.29 is 9.53 Å². The normalized spacial score (nSPS) is 15.3.